The molecule has 1 fully saturated rings. The summed E-state index contributed by atoms with van der Waals surface area (Å²) in [6.07, 6.45) is 2.87. The van der Waals surface area contributed by atoms with E-state index in [0.717, 1.165) is 17.4 Å². The molecule has 0 radical (unpaired) electrons. The van der Waals surface area contributed by atoms with Gasteiger partial charge in [0.25, 0.3) is 0 Å². The van der Waals surface area contributed by atoms with Gasteiger partial charge in [-0.3, -0.25) is 0 Å². The molecule has 1 aromatic rings. The first-order chi connectivity index (χ1) is 9.15. The number of carbonyl (C=O) groups excluding carboxylic acids is 2. The monoisotopic (exact) mass is 325 g/mol. The van der Waals surface area contributed by atoms with E-state index in [-0.39, 0.29) is 39.1 Å². The molecule has 1 unspecified atom stereocenters. The molecule has 19 heavy (non-hydrogen) atoms. The predicted octanol–water partition coefficient (Wildman–Crippen LogP) is 0.861. The van der Waals surface area contributed by atoms with Crippen molar-refractivity contribution in [1.82, 2.24) is 9.47 Å². The van der Waals surface area contributed by atoms with E-state index < -0.39 is 0 Å². The van der Waals surface area contributed by atoms with Crippen molar-refractivity contribution >= 4 is 26.8 Å². The van der Waals surface area contributed by atoms with Crippen LogP contribution >= 0.6 is 0 Å². The fraction of sp³-hybridized carbons (Fsp3) is 0.462. The number of aromatic nitrogens is 1. The Bertz CT molecular complexity index is 532. The molecule has 1 saturated heterocycles. The quantitative estimate of drug-likeness (QED) is 0.458. The molecule has 0 bridgehead atoms. The second-order valence-corrected chi connectivity index (χ2v) is 6.32. The topological polar surface area (TPSA) is 66.1 Å². The Morgan fingerprint density at radius 2 is 2.32 bits per heavy atom. The van der Waals surface area contributed by atoms with Crippen molar-refractivity contribution in [2.45, 2.75) is 24.1 Å². The number of nitriles is 1. The van der Waals surface area contributed by atoms with Crippen LogP contribution in [0.5, 0.6) is 0 Å². The molecule has 6 heteroatoms. The van der Waals surface area contributed by atoms with Crippen LogP contribution in [0.4, 0.5) is 0 Å². The van der Waals surface area contributed by atoms with E-state index in [1.807, 2.05) is 29.9 Å². The van der Waals surface area contributed by atoms with Crippen molar-refractivity contribution in [2.75, 3.05) is 6.54 Å². The summed E-state index contributed by atoms with van der Waals surface area (Å²) < 4.78 is 1.89. The first kappa shape index (κ1) is 13.9. The Kier molecular flexibility index (Phi) is 4.41. The van der Waals surface area contributed by atoms with Crippen LogP contribution in [0.15, 0.2) is 18.3 Å². The van der Waals surface area contributed by atoms with Crippen LogP contribution in [-0.4, -0.2) is 42.8 Å². The Hall–Kier alpha value is -1.57. The molecule has 0 N–H and O–H groups in total. The fourth-order valence-electron chi connectivity index (χ4n) is 2.33. The van der Waals surface area contributed by atoms with E-state index >= 15 is 0 Å². The maximum absolute atomic E-state index is 12.3. The molecule has 1 aromatic heterocycles. The van der Waals surface area contributed by atoms with Crippen LogP contribution in [0, 0.1) is 10.2 Å². The van der Waals surface area contributed by atoms with Gasteiger partial charge in [0.1, 0.15) is 0 Å². The molecule has 1 aliphatic rings. The standard InChI is InChI=1S/C13H15N3O2Se/c1-15-5-2-4-11(15)10-8-12(17)16(13(10)18)6-3-7-19-9-14/h2,4-5,10H,3,6-8H2,1H3. The second kappa shape index (κ2) is 6.05. The van der Waals surface area contributed by atoms with E-state index in [9.17, 15) is 9.59 Å². The molecular weight excluding hydrogens is 309 g/mol. The first-order valence-electron chi connectivity index (χ1n) is 6.11. The van der Waals surface area contributed by atoms with Crippen molar-refractivity contribution in [3.05, 3.63) is 24.0 Å². The molecule has 0 spiro atoms. The van der Waals surface area contributed by atoms with Crippen LogP contribution in [0.1, 0.15) is 24.5 Å². The zero-order chi connectivity index (χ0) is 13.8. The van der Waals surface area contributed by atoms with Gasteiger partial charge < -0.3 is 0 Å². The molecule has 2 heterocycles. The molecule has 0 aliphatic carbocycles. The fourth-order valence-corrected chi connectivity index (χ4v) is 3.09. The third kappa shape index (κ3) is 2.89. The third-order valence-corrected chi connectivity index (χ3v) is 4.58. The summed E-state index contributed by atoms with van der Waals surface area (Å²) in [5.74, 6) is -0.536. The van der Waals surface area contributed by atoms with Gasteiger partial charge in [0.05, 0.1) is 0 Å². The number of rotatable bonds is 5. The summed E-state index contributed by atoms with van der Waals surface area (Å²) in [6, 6.07) is 3.77. The van der Waals surface area contributed by atoms with Gasteiger partial charge in [-0.15, -0.1) is 0 Å². The van der Waals surface area contributed by atoms with Gasteiger partial charge in [0, 0.05) is 0 Å². The average Bonchev–Trinajstić information content (AvgIpc) is 2.91. The van der Waals surface area contributed by atoms with Crippen LogP contribution in [0.2, 0.25) is 5.32 Å². The van der Waals surface area contributed by atoms with Crippen molar-refractivity contribution in [2.24, 2.45) is 7.05 Å². The normalized spacial score (nSPS) is 18.9. The van der Waals surface area contributed by atoms with Gasteiger partial charge in [-0.2, -0.15) is 0 Å². The third-order valence-electron chi connectivity index (χ3n) is 3.28. The molecule has 0 saturated carbocycles. The molecule has 1 aliphatic heterocycles. The molecule has 2 amide bonds. The van der Waals surface area contributed by atoms with E-state index in [1.165, 1.54) is 4.90 Å². The van der Waals surface area contributed by atoms with Crippen molar-refractivity contribution in [1.29, 1.82) is 5.26 Å². The summed E-state index contributed by atoms with van der Waals surface area (Å²) in [5, 5.41) is 9.27. The number of hydrogen-bond donors (Lipinski definition) is 0. The van der Waals surface area contributed by atoms with Crippen LogP contribution in [-0.2, 0) is 16.6 Å². The Balaban J connectivity index is 2.01. The number of hydrogen-bond acceptors (Lipinski definition) is 3. The number of amides is 2. The molecule has 0 aromatic carbocycles. The Morgan fingerprint density at radius 1 is 1.53 bits per heavy atom. The molecule has 2 rings (SSSR count). The zero-order valence-electron chi connectivity index (χ0n) is 10.7. The number of imide groups is 1. The minimum absolute atomic E-state index is 0.0384. The van der Waals surface area contributed by atoms with E-state index in [4.69, 9.17) is 5.26 Å². The zero-order valence-corrected chi connectivity index (χ0v) is 12.4. The first-order valence-corrected chi connectivity index (χ1v) is 8.18. The van der Waals surface area contributed by atoms with Gasteiger partial charge in [0.15, 0.2) is 0 Å². The number of likely N-dealkylation sites (tertiary alicyclic amines) is 1. The summed E-state index contributed by atoms with van der Waals surface area (Å²) >= 11 is -0.0384. The maximum atomic E-state index is 12.3. The van der Waals surface area contributed by atoms with Crippen LogP contribution in [0.3, 0.4) is 0 Å². The SMILES string of the molecule is Cn1cccc1C1CC(=O)N(CCC[Se]C#N)C1=O. The second-order valence-electron chi connectivity index (χ2n) is 4.48. The van der Waals surface area contributed by atoms with E-state index in [1.54, 1.807) is 0 Å². The van der Waals surface area contributed by atoms with Crippen molar-refractivity contribution in [3.8, 4) is 4.97 Å². The number of aryl methyl sites for hydroxylation is 1. The molecular formula is C13H15N3O2Se. The molecule has 1 atom stereocenters. The summed E-state index contributed by atoms with van der Waals surface area (Å²) in [4.78, 5) is 27.6. The summed E-state index contributed by atoms with van der Waals surface area (Å²) in [6.45, 7) is 0.446. The van der Waals surface area contributed by atoms with Gasteiger partial charge in [-0.05, 0) is 0 Å². The molecule has 5 nitrogen and oxygen atoms in total. The van der Waals surface area contributed by atoms with Crippen LogP contribution in [0.25, 0.3) is 0 Å². The van der Waals surface area contributed by atoms with Gasteiger partial charge in [0.2, 0.25) is 0 Å². The minimum atomic E-state index is -0.339. The summed E-state index contributed by atoms with van der Waals surface area (Å²) in [5.41, 5.74) is 0.891. The van der Waals surface area contributed by atoms with Gasteiger partial charge >= 0.3 is 118 Å². The van der Waals surface area contributed by atoms with E-state index in [2.05, 4.69) is 4.97 Å². The van der Waals surface area contributed by atoms with E-state index in [0.29, 0.717) is 6.54 Å². The summed E-state index contributed by atoms with van der Waals surface area (Å²) in [7, 11) is 1.88. The Labute approximate surface area is 118 Å². The molecule has 100 valence electrons. The van der Waals surface area contributed by atoms with Gasteiger partial charge in [-0.25, -0.2) is 0 Å². The average molecular weight is 324 g/mol. The Morgan fingerprint density at radius 3 is 2.95 bits per heavy atom. The van der Waals surface area contributed by atoms with Crippen molar-refractivity contribution in [3.63, 3.8) is 0 Å². The van der Waals surface area contributed by atoms with Crippen molar-refractivity contribution < 1.29 is 9.59 Å². The number of carbonyl (C=O) groups is 2. The number of nitrogens with zero attached hydrogens (tertiary/aromatic N) is 3. The predicted molar refractivity (Wildman–Crippen MR) is 70.3 cm³/mol. The van der Waals surface area contributed by atoms with Gasteiger partial charge in [-0.1, -0.05) is 0 Å². The van der Waals surface area contributed by atoms with Crippen LogP contribution < -0.4 is 0 Å².